The average molecular weight is 631 g/mol. The topological polar surface area (TPSA) is 58.6 Å². The Morgan fingerprint density at radius 2 is 1.67 bits per heavy atom. The quantitative estimate of drug-likeness (QED) is 0.367. The Morgan fingerprint density at radius 1 is 0.953 bits per heavy atom. The van der Waals surface area contributed by atoms with Crippen molar-refractivity contribution < 1.29 is 13.7 Å². The van der Waals surface area contributed by atoms with Crippen LogP contribution in [0.15, 0.2) is 36.4 Å². The molecule has 3 aliphatic rings. The van der Waals surface area contributed by atoms with Gasteiger partial charge < -0.3 is 9.64 Å². The molecule has 43 heavy (non-hydrogen) atoms. The van der Waals surface area contributed by atoms with Crippen LogP contribution in [0, 0.1) is 17.8 Å². The van der Waals surface area contributed by atoms with Crippen LogP contribution in [0.25, 0.3) is 0 Å². The molecule has 2 aromatic rings. The van der Waals surface area contributed by atoms with Crippen molar-refractivity contribution in [1.82, 2.24) is 4.72 Å². The van der Waals surface area contributed by atoms with E-state index in [0.29, 0.717) is 24.0 Å². The van der Waals surface area contributed by atoms with Crippen molar-refractivity contribution in [3.8, 4) is 5.75 Å². The first-order valence-electron chi connectivity index (χ1n) is 16.9. The van der Waals surface area contributed by atoms with E-state index in [4.69, 9.17) is 16.3 Å². The Bertz CT molecular complexity index is 1210. The lowest BCUT2D eigenvalue weighted by Gasteiger charge is -2.41. The molecule has 5 rings (SSSR count). The smallest absolute Gasteiger partial charge is 0.263 e. The second kappa shape index (κ2) is 17.4. The molecule has 2 bridgehead atoms. The Labute approximate surface area is 269 Å². The normalized spacial score (nSPS) is 27.3. The molecule has 240 valence electrons. The van der Waals surface area contributed by atoms with Crippen molar-refractivity contribution in [2.75, 3.05) is 24.6 Å². The summed E-state index contributed by atoms with van der Waals surface area (Å²) in [5.74, 6) is 2.45. The fourth-order valence-electron chi connectivity index (χ4n) is 6.56. The zero-order chi connectivity index (χ0) is 31.5. The maximum Gasteiger partial charge on any atom is 0.263 e. The summed E-state index contributed by atoms with van der Waals surface area (Å²) in [6.45, 7) is 16.7. The predicted molar refractivity (Wildman–Crippen MR) is 184 cm³/mol. The van der Waals surface area contributed by atoms with Crippen LogP contribution in [-0.4, -0.2) is 35.1 Å². The van der Waals surface area contributed by atoms with Gasteiger partial charge in [-0.15, -0.1) is 0 Å². The average Bonchev–Trinajstić information content (AvgIpc) is 3.19. The van der Waals surface area contributed by atoms with Gasteiger partial charge in [0.25, 0.3) is 5.91 Å². The second-order valence-corrected chi connectivity index (χ2v) is 14.0. The summed E-state index contributed by atoms with van der Waals surface area (Å²) in [4.78, 5) is 15.7. The monoisotopic (exact) mass is 630 g/mol. The summed E-state index contributed by atoms with van der Waals surface area (Å²) >= 11 is 6.39. The molecular formula is C36H55ClN2O3S. The number of aryl methyl sites for hydroxylation is 1. The number of anilines is 1. The van der Waals surface area contributed by atoms with Crippen molar-refractivity contribution in [2.24, 2.45) is 17.8 Å². The molecule has 0 aromatic heterocycles. The largest absolute Gasteiger partial charge is 0.491 e. The van der Waals surface area contributed by atoms with Crippen LogP contribution in [0.1, 0.15) is 121 Å². The van der Waals surface area contributed by atoms with Crippen molar-refractivity contribution in [1.29, 1.82) is 0 Å². The lowest BCUT2D eigenvalue weighted by Crippen LogP contribution is -2.40. The number of nitrogens with one attached hydrogen (secondary N) is 1. The van der Waals surface area contributed by atoms with Gasteiger partial charge in [0.1, 0.15) is 16.7 Å². The van der Waals surface area contributed by atoms with Gasteiger partial charge >= 0.3 is 0 Å². The molecule has 5 nitrogen and oxygen atoms in total. The Morgan fingerprint density at radius 3 is 2.37 bits per heavy atom. The van der Waals surface area contributed by atoms with Crippen molar-refractivity contribution in [3.63, 3.8) is 0 Å². The Kier molecular flexibility index (Phi) is 14.4. The number of hydrogen-bond acceptors (Lipinski definition) is 4. The van der Waals surface area contributed by atoms with E-state index in [1.54, 1.807) is 6.07 Å². The van der Waals surface area contributed by atoms with E-state index in [1.165, 1.54) is 36.8 Å². The molecular weight excluding hydrogens is 576 g/mol. The fourth-order valence-corrected chi connectivity index (χ4v) is 7.80. The maximum absolute atomic E-state index is 13.2. The standard InChI is InChI=1S/C32H43ClN2O3S.2C2H6/c1-4-7-24-16-28(33)13-14-29(24)27-19-35-18-26-11-10-23(26)9-6-5-8-21(2)22(3)39(37)34-32(36)25-12-15-31(38-20-27)30(35)17-25;2*1-2/h12-17,21-23,26-27H,4-11,18-20H2,1-3H3,(H,34,36);2*1-2H3. The molecule has 2 heterocycles. The summed E-state index contributed by atoms with van der Waals surface area (Å²) in [7, 11) is -1.43. The fraction of sp³-hybridized carbons (Fsp3) is 0.639. The third kappa shape index (κ3) is 9.00. The molecule has 1 saturated carbocycles. The number of nitrogens with zero attached hydrogens (tertiary/aromatic N) is 1. The van der Waals surface area contributed by atoms with Gasteiger partial charge in [0.15, 0.2) is 0 Å². The zero-order valence-corrected chi connectivity index (χ0v) is 29.2. The number of rotatable bonds is 3. The van der Waals surface area contributed by atoms with Crippen LogP contribution in [0.4, 0.5) is 5.69 Å². The summed E-state index contributed by atoms with van der Waals surface area (Å²) in [6, 6.07) is 12.0. The van der Waals surface area contributed by atoms with E-state index < -0.39 is 11.0 Å². The van der Waals surface area contributed by atoms with Gasteiger partial charge in [-0.25, -0.2) is 4.21 Å². The number of carbonyl (C=O) groups excluding carboxylic acids is 1. The van der Waals surface area contributed by atoms with Crippen LogP contribution in [0.2, 0.25) is 5.02 Å². The number of fused-ring (bicyclic) bond motifs is 2. The van der Waals surface area contributed by atoms with E-state index in [0.717, 1.165) is 61.2 Å². The minimum absolute atomic E-state index is 0.0867. The molecule has 1 aliphatic carbocycles. The highest BCUT2D eigenvalue weighted by atomic mass is 35.5. The van der Waals surface area contributed by atoms with E-state index in [1.807, 2.05) is 52.8 Å². The van der Waals surface area contributed by atoms with Gasteiger partial charge in [-0.05, 0) is 91.8 Å². The van der Waals surface area contributed by atoms with Crippen molar-refractivity contribution in [2.45, 2.75) is 111 Å². The van der Waals surface area contributed by atoms with Gasteiger partial charge in [-0.2, -0.15) is 0 Å². The molecule has 1 N–H and O–H groups in total. The highest BCUT2D eigenvalue weighted by Crippen LogP contribution is 2.43. The molecule has 1 fully saturated rings. The number of ether oxygens (including phenoxy) is 1. The Hall–Kier alpha value is -2.05. The van der Waals surface area contributed by atoms with Crippen molar-refractivity contribution >= 4 is 34.2 Å². The van der Waals surface area contributed by atoms with E-state index >= 15 is 0 Å². The van der Waals surface area contributed by atoms with Crippen molar-refractivity contribution in [3.05, 3.63) is 58.1 Å². The number of benzene rings is 2. The third-order valence-electron chi connectivity index (χ3n) is 9.35. The lowest BCUT2D eigenvalue weighted by atomic mass is 9.70. The van der Waals surface area contributed by atoms with Gasteiger partial charge in [0.05, 0.1) is 17.5 Å². The molecule has 0 spiro atoms. The van der Waals surface area contributed by atoms with Gasteiger partial charge in [-0.3, -0.25) is 9.52 Å². The third-order valence-corrected chi connectivity index (χ3v) is 11.1. The van der Waals surface area contributed by atoms with E-state index in [-0.39, 0.29) is 17.1 Å². The number of halogens is 1. The second-order valence-electron chi connectivity index (χ2n) is 12.0. The molecule has 0 saturated heterocycles. The van der Waals surface area contributed by atoms with Crippen LogP contribution in [0.3, 0.4) is 0 Å². The first-order valence-corrected chi connectivity index (χ1v) is 18.4. The lowest BCUT2D eigenvalue weighted by molar-refractivity contribution is 0.0982. The van der Waals surface area contributed by atoms with Crippen LogP contribution in [-0.2, 0) is 17.4 Å². The number of hydrogen-bond donors (Lipinski definition) is 1. The van der Waals surface area contributed by atoms with Gasteiger partial charge in [0.2, 0.25) is 0 Å². The van der Waals surface area contributed by atoms with Gasteiger partial charge in [0, 0.05) is 29.6 Å². The Balaban J connectivity index is 0.00000121. The van der Waals surface area contributed by atoms with E-state index in [9.17, 15) is 9.00 Å². The van der Waals surface area contributed by atoms with Crippen LogP contribution < -0.4 is 14.4 Å². The van der Waals surface area contributed by atoms with Crippen LogP contribution >= 0.6 is 11.6 Å². The number of carbonyl (C=O) groups is 1. The summed E-state index contributed by atoms with van der Waals surface area (Å²) in [6.07, 6.45) is 9.30. The highest BCUT2D eigenvalue weighted by Gasteiger charge is 2.35. The summed E-state index contributed by atoms with van der Waals surface area (Å²) in [5, 5.41) is 0.690. The molecule has 7 heteroatoms. The first kappa shape index (κ1) is 35.4. The first-order chi connectivity index (χ1) is 20.8. The minimum atomic E-state index is -1.43. The molecule has 1 amide bonds. The molecule has 2 aromatic carbocycles. The maximum atomic E-state index is 13.2. The zero-order valence-electron chi connectivity index (χ0n) is 27.6. The molecule has 6 unspecified atom stereocenters. The highest BCUT2D eigenvalue weighted by molar-refractivity contribution is 7.84. The van der Waals surface area contributed by atoms with E-state index in [2.05, 4.69) is 35.6 Å². The predicted octanol–water partition coefficient (Wildman–Crippen LogP) is 9.35. The molecule has 0 radical (unpaired) electrons. The van der Waals surface area contributed by atoms with Crippen LogP contribution in [0.5, 0.6) is 5.75 Å². The molecule has 2 aliphatic heterocycles. The number of amides is 1. The SMILES string of the molecule is CC.CC.CCCc1cc(Cl)ccc1C1COc2ccc3cc2N(C1)CC1CCC1CCCCC(C)C(C)S(=O)NC3=O. The molecule has 6 atom stereocenters. The summed E-state index contributed by atoms with van der Waals surface area (Å²) in [5.41, 5.74) is 4.11. The van der Waals surface area contributed by atoms with Gasteiger partial charge in [-0.1, -0.05) is 84.9 Å². The minimum Gasteiger partial charge on any atom is -0.491 e. The summed E-state index contributed by atoms with van der Waals surface area (Å²) < 4.78 is 22.3.